The molecule has 0 bridgehead atoms. The van der Waals surface area contributed by atoms with E-state index in [-0.39, 0.29) is 34.3 Å². The number of benzene rings is 1. The van der Waals surface area contributed by atoms with Crippen molar-refractivity contribution in [2.45, 2.75) is 6.42 Å². The first kappa shape index (κ1) is 22.5. The largest absolute Gasteiger partial charge is 0.369 e. The van der Waals surface area contributed by atoms with Crippen LogP contribution in [-0.2, 0) is 10.0 Å². The van der Waals surface area contributed by atoms with Gasteiger partial charge < -0.3 is 11.1 Å². The second kappa shape index (κ2) is 10.1. The number of anilines is 1. The molecule has 0 radical (unpaired) electrons. The van der Waals surface area contributed by atoms with Gasteiger partial charge in [-0.3, -0.25) is 20.4 Å². The van der Waals surface area contributed by atoms with E-state index in [0.29, 0.717) is 18.7 Å². The predicted octanol–water partition coefficient (Wildman–Crippen LogP) is 0.694. The molecule has 0 spiro atoms. The van der Waals surface area contributed by atoms with Crippen molar-refractivity contribution in [2.75, 3.05) is 24.7 Å². The first-order valence-electron chi connectivity index (χ1n) is 7.98. The number of nitrogens with one attached hydrogen (secondary N) is 3. The molecule has 1 aromatic carbocycles. The molecule has 0 aliphatic heterocycles. The summed E-state index contributed by atoms with van der Waals surface area (Å²) in [4.78, 5) is 8.00. The van der Waals surface area contributed by atoms with Gasteiger partial charge in [0.2, 0.25) is 21.8 Å². The number of hydroxylamine groups is 1. The average molecular weight is 493 g/mol. The second-order valence-corrected chi connectivity index (χ2v) is 8.16. The van der Waals surface area contributed by atoms with Crippen molar-refractivity contribution < 1.29 is 22.6 Å². The number of rotatable bonds is 8. The molecule has 1 heterocycles. The Morgan fingerprint density at radius 3 is 2.83 bits per heavy atom. The molecule has 0 saturated carbocycles. The summed E-state index contributed by atoms with van der Waals surface area (Å²) < 4.78 is 42.3. The number of nitrogens with zero attached hydrogens (tertiary/aromatic N) is 4. The highest BCUT2D eigenvalue weighted by molar-refractivity contribution is 9.10. The minimum absolute atomic E-state index is 0.0770. The van der Waals surface area contributed by atoms with Gasteiger partial charge in [-0.2, -0.15) is 0 Å². The SMILES string of the molecule is CS(=O)(=O)NC(N)=NCCCNc1nonc1C(=Nc1ccc(F)c(Br)c1)NO. The smallest absolute Gasteiger partial charge is 0.232 e. The Bertz CT molecular complexity index is 1010. The molecule has 2 rings (SSSR count). The minimum Gasteiger partial charge on any atom is -0.369 e. The maximum atomic E-state index is 13.3. The highest BCUT2D eigenvalue weighted by Gasteiger charge is 2.16. The van der Waals surface area contributed by atoms with Crippen LogP contribution in [-0.4, -0.2) is 55.1 Å². The van der Waals surface area contributed by atoms with E-state index in [1.807, 2.05) is 10.2 Å². The van der Waals surface area contributed by atoms with Crippen molar-refractivity contribution in [3.63, 3.8) is 0 Å². The number of amidine groups is 1. The molecule has 6 N–H and O–H groups in total. The van der Waals surface area contributed by atoms with Crippen LogP contribution in [0.2, 0.25) is 0 Å². The Morgan fingerprint density at radius 2 is 2.17 bits per heavy atom. The Kier molecular flexibility index (Phi) is 7.86. The van der Waals surface area contributed by atoms with Gasteiger partial charge in [-0.05, 0) is 50.9 Å². The van der Waals surface area contributed by atoms with Gasteiger partial charge in [0.15, 0.2) is 11.5 Å². The molecule has 0 amide bonds. The molecular weight excluding hydrogens is 475 g/mol. The van der Waals surface area contributed by atoms with Crippen molar-refractivity contribution in [3.8, 4) is 0 Å². The van der Waals surface area contributed by atoms with E-state index >= 15 is 0 Å². The Balaban J connectivity index is 1.99. The summed E-state index contributed by atoms with van der Waals surface area (Å²) >= 11 is 3.05. The molecule has 0 saturated heterocycles. The van der Waals surface area contributed by atoms with E-state index in [0.717, 1.165) is 6.26 Å². The van der Waals surface area contributed by atoms with Gasteiger partial charge in [0.05, 0.1) is 16.4 Å². The summed E-state index contributed by atoms with van der Waals surface area (Å²) in [6.07, 6.45) is 1.44. The number of aliphatic imine (C=N–C) groups is 2. The molecule has 158 valence electrons. The van der Waals surface area contributed by atoms with Gasteiger partial charge in [-0.25, -0.2) is 22.4 Å². The monoisotopic (exact) mass is 492 g/mol. The molecule has 0 aliphatic rings. The number of hydrogen-bond acceptors (Lipinski definition) is 9. The maximum Gasteiger partial charge on any atom is 0.232 e. The van der Waals surface area contributed by atoms with Crippen LogP contribution in [0.5, 0.6) is 0 Å². The predicted molar refractivity (Wildman–Crippen MR) is 107 cm³/mol. The van der Waals surface area contributed by atoms with Crippen LogP contribution < -0.4 is 21.3 Å². The topological polar surface area (TPSA) is 180 Å². The van der Waals surface area contributed by atoms with Crippen LogP contribution in [0.3, 0.4) is 0 Å². The highest BCUT2D eigenvalue weighted by atomic mass is 79.9. The van der Waals surface area contributed by atoms with E-state index in [1.54, 1.807) is 0 Å². The third-order valence-electron chi connectivity index (χ3n) is 3.16. The zero-order valence-electron chi connectivity index (χ0n) is 15.1. The highest BCUT2D eigenvalue weighted by Crippen LogP contribution is 2.23. The third-order valence-corrected chi connectivity index (χ3v) is 4.35. The van der Waals surface area contributed by atoms with Crippen LogP contribution in [0.25, 0.3) is 0 Å². The molecule has 0 fully saturated rings. The maximum absolute atomic E-state index is 13.3. The van der Waals surface area contributed by atoms with E-state index in [1.165, 1.54) is 18.2 Å². The lowest BCUT2D eigenvalue weighted by molar-refractivity contribution is 0.234. The lowest BCUT2D eigenvalue weighted by atomic mass is 10.3. The fourth-order valence-electron chi connectivity index (χ4n) is 1.98. The molecule has 0 aliphatic carbocycles. The van der Waals surface area contributed by atoms with Crippen molar-refractivity contribution in [3.05, 3.63) is 34.2 Å². The molecule has 29 heavy (non-hydrogen) atoms. The third kappa shape index (κ3) is 7.28. The quantitative estimate of drug-likeness (QED) is 0.153. The second-order valence-electron chi connectivity index (χ2n) is 5.55. The standard InChI is InChI=1S/C14H18BrFN8O4S/c1-29(26,27)24-14(17)19-6-2-5-18-12-11(22-28-23-12)13(21-25)20-8-3-4-10(16)9(15)7-8/h3-4,7,25H,2,5-6H2,1H3,(H,18,23)(H,20,21)(H3,17,19,24). The number of nitrogens with two attached hydrogens (primary N) is 1. The molecular formula is C14H18BrFN8O4S. The van der Waals surface area contributed by atoms with Crippen LogP contribution in [0.4, 0.5) is 15.9 Å². The van der Waals surface area contributed by atoms with Gasteiger partial charge in [0.1, 0.15) is 5.82 Å². The van der Waals surface area contributed by atoms with Gasteiger partial charge in [-0.1, -0.05) is 0 Å². The number of sulfonamides is 1. The Hall–Kier alpha value is -2.78. The van der Waals surface area contributed by atoms with Crippen molar-refractivity contribution >= 4 is 49.3 Å². The zero-order chi connectivity index (χ0) is 21.4. The average Bonchev–Trinajstić information content (AvgIpc) is 3.09. The lowest BCUT2D eigenvalue weighted by Gasteiger charge is -2.06. The fraction of sp³-hybridized carbons (Fsp3) is 0.286. The van der Waals surface area contributed by atoms with Crippen molar-refractivity contribution in [1.29, 1.82) is 0 Å². The number of hydrogen-bond donors (Lipinski definition) is 5. The zero-order valence-corrected chi connectivity index (χ0v) is 17.5. The summed E-state index contributed by atoms with van der Waals surface area (Å²) in [5.74, 6) is -0.548. The molecule has 0 unspecified atom stereocenters. The number of aromatic nitrogens is 2. The normalized spacial score (nSPS) is 12.7. The Morgan fingerprint density at radius 1 is 1.41 bits per heavy atom. The van der Waals surface area contributed by atoms with Gasteiger partial charge in [0, 0.05) is 13.1 Å². The minimum atomic E-state index is -3.47. The van der Waals surface area contributed by atoms with E-state index in [4.69, 9.17) is 5.73 Å². The number of guanidine groups is 1. The summed E-state index contributed by atoms with van der Waals surface area (Å²) in [6, 6.07) is 4.04. The molecule has 2 aromatic rings. The first-order chi connectivity index (χ1) is 13.7. The number of halogens is 2. The van der Waals surface area contributed by atoms with Crippen molar-refractivity contribution in [1.82, 2.24) is 20.5 Å². The van der Waals surface area contributed by atoms with Crippen LogP contribution in [0.1, 0.15) is 12.1 Å². The summed E-state index contributed by atoms with van der Waals surface area (Å²) in [6.45, 7) is 0.600. The van der Waals surface area contributed by atoms with Gasteiger partial charge >= 0.3 is 0 Å². The van der Waals surface area contributed by atoms with Crippen LogP contribution >= 0.6 is 15.9 Å². The van der Waals surface area contributed by atoms with Crippen LogP contribution in [0.15, 0.2) is 37.3 Å². The first-order valence-corrected chi connectivity index (χ1v) is 10.7. The van der Waals surface area contributed by atoms with Crippen LogP contribution in [0, 0.1) is 5.82 Å². The van der Waals surface area contributed by atoms with E-state index in [2.05, 4.69) is 46.2 Å². The molecule has 12 nitrogen and oxygen atoms in total. The molecule has 15 heteroatoms. The summed E-state index contributed by atoms with van der Waals surface area (Å²) in [5.41, 5.74) is 7.77. The van der Waals surface area contributed by atoms with Gasteiger partial charge in [0.25, 0.3) is 0 Å². The lowest BCUT2D eigenvalue weighted by Crippen LogP contribution is -2.36. The van der Waals surface area contributed by atoms with E-state index < -0.39 is 15.8 Å². The van der Waals surface area contributed by atoms with E-state index in [9.17, 15) is 18.0 Å². The van der Waals surface area contributed by atoms with Crippen molar-refractivity contribution in [2.24, 2.45) is 15.7 Å². The summed E-state index contributed by atoms with van der Waals surface area (Å²) in [7, 11) is -3.47. The molecule has 1 aromatic heterocycles. The fourth-order valence-corrected chi connectivity index (χ4v) is 2.79. The van der Waals surface area contributed by atoms with Gasteiger partial charge in [-0.15, -0.1) is 0 Å². The summed E-state index contributed by atoms with van der Waals surface area (Å²) in [5, 5.41) is 19.7. The molecule has 0 atom stereocenters. The Labute approximate surface area is 173 Å².